The van der Waals surface area contributed by atoms with Gasteiger partial charge in [0.15, 0.2) is 17.7 Å². The predicted octanol–water partition coefficient (Wildman–Crippen LogP) is 4.69. The molecule has 0 radical (unpaired) electrons. The van der Waals surface area contributed by atoms with Crippen LogP contribution in [0.3, 0.4) is 0 Å². The Labute approximate surface area is 151 Å². The van der Waals surface area contributed by atoms with Crippen LogP contribution in [0, 0.1) is 11.6 Å². The number of amides is 1. The van der Waals surface area contributed by atoms with E-state index in [2.05, 4.69) is 5.32 Å². The minimum Gasteiger partial charge on any atom is -0.488 e. The molecule has 138 valence electrons. The zero-order valence-corrected chi connectivity index (χ0v) is 14.5. The molecule has 1 fully saturated rings. The number of anilines is 1. The molecule has 1 atom stereocenters. The van der Waals surface area contributed by atoms with Crippen molar-refractivity contribution < 1.29 is 23.0 Å². The van der Waals surface area contributed by atoms with Gasteiger partial charge >= 0.3 is 0 Å². The number of ether oxygens (including phenoxy) is 2. The van der Waals surface area contributed by atoms with Crippen molar-refractivity contribution in [2.24, 2.45) is 0 Å². The van der Waals surface area contributed by atoms with Crippen molar-refractivity contribution in [2.45, 2.75) is 44.8 Å². The van der Waals surface area contributed by atoms with Crippen LogP contribution in [0.1, 0.15) is 32.6 Å². The van der Waals surface area contributed by atoms with E-state index in [0.29, 0.717) is 11.4 Å². The quantitative estimate of drug-likeness (QED) is 0.812. The Bertz CT molecular complexity index is 775. The van der Waals surface area contributed by atoms with Crippen molar-refractivity contribution in [2.75, 3.05) is 5.32 Å². The number of rotatable bonds is 6. The molecular formula is C20H21F2NO3. The third kappa shape index (κ3) is 4.50. The van der Waals surface area contributed by atoms with Gasteiger partial charge in [-0.05, 0) is 56.9 Å². The number of halogens is 2. The lowest BCUT2D eigenvalue weighted by Gasteiger charge is -2.19. The summed E-state index contributed by atoms with van der Waals surface area (Å²) in [7, 11) is 0. The highest BCUT2D eigenvalue weighted by atomic mass is 19.2. The maximum absolute atomic E-state index is 13.3. The minimum atomic E-state index is -1.02. The molecule has 0 spiro atoms. The maximum atomic E-state index is 13.3. The van der Waals surface area contributed by atoms with Crippen LogP contribution in [0.5, 0.6) is 11.5 Å². The van der Waals surface area contributed by atoms with Gasteiger partial charge in [0.05, 0.1) is 11.8 Å². The highest BCUT2D eigenvalue weighted by Gasteiger charge is 2.20. The number of hydrogen-bond donors (Lipinski definition) is 1. The fourth-order valence-corrected chi connectivity index (χ4v) is 2.90. The molecule has 26 heavy (non-hydrogen) atoms. The third-order valence-corrected chi connectivity index (χ3v) is 4.31. The lowest BCUT2D eigenvalue weighted by molar-refractivity contribution is -0.122. The Morgan fingerprint density at radius 2 is 1.85 bits per heavy atom. The molecule has 0 saturated heterocycles. The van der Waals surface area contributed by atoms with Crippen LogP contribution < -0.4 is 14.8 Å². The molecule has 0 bridgehead atoms. The van der Waals surface area contributed by atoms with Gasteiger partial charge in [-0.1, -0.05) is 12.1 Å². The van der Waals surface area contributed by atoms with E-state index in [1.807, 2.05) is 12.1 Å². The van der Waals surface area contributed by atoms with E-state index in [1.54, 1.807) is 12.1 Å². The van der Waals surface area contributed by atoms with Crippen LogP contribution in [0.2, 0.25) is 0 Å². The van der Waals surface area contributed by atoms with Crippen molar-refractivity contribution in [1.29, 1.82) is 0 Å². The second-order valence-electron chi connectivity index (χ2n) is 6.35. The van der Waals surface area contributed by atoms with E-state index in [-0.39, 0.29) is 11.9 Å². The first-order valence-corrected chi connectivity index (χ1v) is 8.71. The number of benzene rings is 2. The van der Waals surface area contributed by atoms with Crippen LogP contribution in [-0.2, 0) is 4.79 Å². The summed E-state index contributed by atoms with van der Waals surface area (Å²) in [5.41, 5.74) is 0.560. The first kappa shape index (κ1) is 18.2. The summed E-state index contributed by atoms with van der Waals surface area (Å²) >= 11 is 0. The van der Waals surface area contributed by atoms with Gasteiger partial charge < -0.3 is 14.8 Å². The van der Waals surface area contributed by atoms with Gasteiger partial charge in [0, 0.05) is 6.07 Å². The number of carbonyl (C=O) groups excluding carboxylic acids is 1. The number of carbonyl (C=O) groups is 1. The summed E-state index contributed by atoms with van der Waals surface area (Å²) in [5, 5.41) is 2.77. The fraction of sp³-hybridized carbons (Fsp3) is 0.350. The lowest BCUT2D eigenvalue weighted by atomic mass is 10.2. The number of hydrogen-bond acceptors (Lipinski definition) is 3. The molecule has 0 heterocycles. The molecule has 4 nitrogen and oxygen atoms in total. The second-order valence-corrected chi connectivity index (χ2v) is 6.35. The van der Waals surface area contributed by atoms with Crippen molar-refractivity contribution in [3.63, 3.8) is 0 Å². The molecule has 1 unspecified atom stereocenters. The minimum absolute atomic E-state index is 0.0852. The topological polar surface area (TPSA) is 47.6 Å². The van der Waals surface area contributed by atoms with Crippen LogP contribution >= 0.6 is 0 Å². The Hall–Kier alpha value is -2.63. The van der Waals surface area contributed by atoms with E-state index in [0.717, 1.165) is 37.8 Å². The summed E-state index contributed by atoms with van der Waals surface area (Å²) in [6, 6.07) is 10.4. The highest BCUT2D eigenvalue weighted by molar-refractivity contribution is 5.95. The molecule has 1 aliphatic carbocycles. The van der Waals surface area contributed by atoms with Gasteiger partial charge in [-0.15, -0.1) is 0 Å². The van der Waals surface area contributed by atoms with E-state index in [9.17, 15) is 13.6 Å². The molecule has 0 aromatic heterocycles. The first-order valence-electron chi connectivity index (χ1n) is 8.71. The normalized spacial score (nSPS) is 15.5. The molecule has 2 aromatic carbocycles. The van der Waals surface area contributed by atoms with Gasteiger partial charge in [-0.2, -0.15) is 0 Å². The molecular weight excluding hydrogens is 340 g/mol. The predicted molar refractivity (Wildman–Crippen MR) is 94.4 cm³/mol. The number of para-hydroxylation sites is 2. The highest BCUT2D eigenvalue weighted by Crippen LogP contribution is 2.30. The number of nitrogens with one attached hydrogen (secondary N) is 1. The van der Waals surface area contributed by atoms with E-state index in [1.165, 1.54) is 13.0 Å². The van der Waals surface area contributed by atoms with Crippen molar-refractivity contribution in [1.82, 2.24) is 0 Å². The van der Waals surface area contributed by atoms with Crippen molar-refractivity contribution >= 4 is 11.6 Å². The standard InChI is InChI=1S/C20H21F2NO3/c1-13(25-15-10-11-16(21)17(22)12-15)20(24)23-18-8-4-5-9-19(18)26-14-6-2-3-7-14/h4-5,8-14H,2-3,6-7H2,1H3,(H,23,24). The summed E-state index contributed by atoms with van der Waals surface area (Å²) in [6.45, 7) is 1.54. The zero-order chi connectivity index (χ0) is 18.5. The van der Waals surface area contributed by atoms with E-state index < -0.39 is 23.6 Å². The summed E-state index contributed by atoms with van der Waals surface area (Å²) in [5.74, 6) is -1.69. The Morgan fingerprint density at radius 1 is 1.12 bits per heavy atom. The van der Waals surface area contributed by atoms with Crippen LogP contribution in [0.25, 0.3) is 0 Å². The van der Waals surface area contributed by atoms with Gasteiger partial charge in [0.2, 0.25) is 0 Å². The van der Waals surface area contributed by atoms with Crippen molar-refractivity contribution in [3.05, 3.63) is 54.1 Å². The van der Waals surface area contributed by atoms with Crippen molar-refractivity contribution in [3.8, 4) is 11.5 Å². The van der Waals surface area contributed by atoms with Gasteiger partial charge in [-0.3, -0.25) is 4.79 Å². The molecule has 1 saturated carbocycles. The van der Waals surface area contributed by atoms with Gasteiger partial charge in [0.1, 0.15) is 11.5 Å². The average molecular weight is 361 g/mol. The third-order valence-electron chi connectivity index (χ3n) is 4.31. The average Bonchev–Trinajstić information content (AvgIpc) is 3.13. The summed E-state index contributed by atoms with van der Waals surface area (Å²) < 4.78 is 37.6. The maximum Gasteiger partial charge on any atom is 0.265 e. The Morgan fingerprint density at radius 3 is 2.58 bits per heavy atom. The molecule has 1 aliphatic rings. The summed E-state index contributed by atoms with van der Waals surface area (Å²) in [4.78, 5) is 12.4. The second kappa shape index (κ2) is 8.17. The van der Waals surface area contributed by atoms with E-state index >= 15 is 0 Å². The largest absolute Gasteiger partial charge is 0.488 e. The first-order chi connectivity index (χ1) is 12.5. The van der Waals surface area contributed by atoms with Crippen LogP contribution in [0.4, 0.5) is 14.5 Å². The molecule has 1 amide bonds. The monoisotopic (exact) mass is 361 g/mol. The fourth-order valence-electron chi connectivity index (χ4n) is 2.90. The smallest absolute Gasteiger partial charge is 0.265 e. The lowest BCUT2D eigenvalue weighted by Crippen LogP contribution is -2.30. The molecule has 6 heteroatoms. The van der Waals surface area contributed by atoms with Gasteiger partial charge in [0.25, 0.3) is 5.91 Å². The zero-order valence-electron chi connectivity index (χ0n) is 14.5. The van der Waals surface area contributed by atoms with Gasteiger partial charge in [-0.25, -0.2) is 8.78 Å². The van der Waals surface area contributed by atoms with E-state index in [4.69, 9.17) is 9.47 Å². The molecule has 0 aliphatic heterocycles. The van der Waals surface area contributed by atoms with Crippen LogP contribution in [-0.4, -0.2) is 18.1 Å². The molecule has 2 aromatic rings. The summed E-state index contributed by atoms with van der Waals surface area (Å²) in [6.07, 6.45) is 3.61. The molecule has 3 rings (SSSR count). The van der Waals surface area contributed by atoms with Crippen LogP contribution in [0.15, 0.2) is 42.5 Å². The molecule has 1 N–H and O–H groups in total. The Kier molecular flexibility index (Phi) is 5.71. The Balaban J connectivity index is 1.64. The SMILES string of the molecule is CC(Oc1ccc(F)c(F)c1)C(=O)Nc1ccccc1OC1CCCC1.